The van der Waals surface area contributed by atoms with Crippen molar-refractivity contribution in [1.29, 1.82) is 0 Å². The van der Waals surface area contributed by atoms with Gasteiger partial charge in [-0.1, -0.05) is 18.2 Å². The van der Waals surface area contributed by atoms with Gasteiger partial charge in [-0.25, -0.2) is 0 Å². The molecule has 0 unspecified atom stereocenters. The molecule has 1 heterocycles. The largest absolute Gasteiger partial charge is 0.459 e. The first-order valence-electron chi connectivity index (χ1n) is 8.73. The highest BCUT2D eigenvalue weighted by atomic mass is 32.2. The van der Waals surface area contributed by atoms with Crippen LogP contribution in [0, 0.1) is 10.1 Å². The van der Waals surface area contributed by atoms with E-state index in [9.17, 15) is 19.7 Å². The highest BCUT2D eigenvalue weighted by Gasteiger charge is 2.15. The number of carbonyl (C=O) groups excluding carboxylic acids is 2. The fraction of sp³-hybridized carbons (Fsp3) is 0.200. The molecule has 3 rings (SSSR count). The van der Waals surface area contributed by atoms with Gasteiger partial charge in [0.15, 0.2) is 6.61 Å². The van der Waals surface area contributed by atoms with Crippen LogP contribution in [-0.2, 0) is 14.3 Å². The minimum atomic E-state index is -0.556. The highest BCUT2D eigenvalue weighted by molar-refractivity contribution is 8.00. The van der Waals surface area contributed by atoms with Crippen LogP contribution in [0.2, 0.25) is 0 Å². The van der Waals surface area contributed by atoms with Crippen LogP contribution in [-0.4, -0.2) is 29.2 Å². The number of esters is 1. The molecule has 0 spiro atoms. The molecule has 1 atom stereocenters. The van der Waals surface area contributed by atoms with Crippen LogP contribution in [0.15, 0.2) is 63.9 Å². The molecule has 0 radical (unpaired) electrons. The summed E-state index contributed by atoms with van der Waals surface area (Å²) < 4.78 is 10.7. The van der Waals surface area contributed by atoms with Gasteiger partial charge in [0.05, 0.1) is 16.7 Å². The molecular formula is C20H18N2O6S. The van der Waals surface area contributed by atoms with Crippen molar-refractivity contribution >= 4 is 40.3 Å². The smallest absolute Gasteiger partial charge is 0.316 e. The minimum absolute atomic E-state index is 0.00970. The Morgan fingerprint density at radius 1 is 1.21 bits per heavy atom. The first-order chi connectivity index (χ1) is 13.9. The van der Waals surface area contributed by atoms with Crippen LogP contribution in [0.25, 0.3) is 11.0 Å². The number of benzene rings is 2. The van der Waals surface area contributed by atoms with Crippen LogP contribution in [0.5, 0.6) is 0 Å². The first kappa shape index (κ1) is 20.4. The van der Waals surface area contributed by atoms with Crippen LogP contribution in [0.1, 0.15) is 18.7 Å². The Morgan fingerprint density at radius 2 is 1.93 bits per heavy atom. The topological polar surface area (TPSA) is 112 Å². The van der Waals surface area contributed by atoms with Crippen LogP contribution < -0.4 is 5.32 Å². The van der Waals surface area contributed by atoms with E-state index in [1.165, 1.54) is 23.9 Å². The Hall–Kier alpha value is -3.33. The quantitative estimate of drug-likeness (QED) is 0.258. The Bertz CT molecular complexity index is 998. The van der Waals surface area contributed by atoms with Crippen molar-refractivity contribution < 1.29 is 23.7 Å². The first-order valence-corrected chi connectivity index (χ1v) is 9.71. The molecular weight excluding hydrogens is 396 g/mol. The normalized spacial score (nSPS) is 11.8. The van der Waals surface area contributed by atoms with Crippen molar-refractivity contribution in [3.8, 4) is 0 Å². The van der Waals surface area contributed by atoms with Gasteiger partial charge in [0.2, 0.25) is 0 Å². The zero-order valence-electron chi connectivity index (χ0n) is 15.5. The van der Waals surface area contributed by atoms with Gasteiger partial charge in [0.1, 0.15) is 11.3 Å². The number of hydrogen-bond donors (Lipinski definition) is 1. The van der Waals surface area contributed by atoms with Crippen molar-refractivity contribution in [2.24, 2.45) is 0 Å². The van der Waals surface area contributed by atoms with E-state index in [2.05, 4.69) is 5.32 Å². The summed E-state index contributed by atoms with van der Waals surface area (Å²) in [4.78, 5) is 34.7. The van der Waals surface area contributed by atoms with E-state index >= 15 is 0 Å². The molecule has 1 amide bonds. The van der Waals surface area contributed by atoms with E-state index in [0.29, 0.717) is 10.7 Å². The summed E-state index contributed by atoms with van der Waals surface area (Å²) in [5, 5.41) is 14.3. The number of hydrogen-bond acceptors (Lipinski definition) is 7. The molecule has 0 bridgehead atoms. The zero-order valence-corrected chi connectivity index (χ0v) is 16.3. The van der Waals surface area contributed by atoms with Crippen LogP contribution in [0.3, 0.4) is 0 Å². The number of non-ortho nitro benzene ring substituents is 1. The fourth-order valence-electron chi connectivity index (χ4n) is 2.56. The SMILES string of the molecule is C[C@@H](NC(=O)COC(=O)CSc1ccc([N+](=O)[O-])cc1)c1cc2ccccc2o1. The Kier molecular flexibility index (Phi) is 6.50. The van der Waals surface area contributed by atoms with Crippen molar-refractivity contribution in [3.05, 3.63) is 70.5 Å². The average Bonchev–Trinajstić information content (AvgIpc) is 3.15. The van der Waals surface area contributed by atoms with Gasteiger partial charge in [-0.05, 0) is 31.2 Å². The molecule has 1 N–H and O–H groups in total. The van der Waals surface area contributed by atoms with E-state index in [4.69, 9.17) is 9.15 Å². The van der Waals surface area contributed by atoms with Crippen molar-refractivity contribution in [2.75, 3.05) is 12.4 Å². The number of fused-ring (bicyclic) bond motifs is 1. The molecule has 0 aliphatic rings. The molecule has 0 aliphatic heterocycles. The average molecular weight is 414 g/mol. The lowest BCUT2D eigenvalue weighted by Crippen LogP contribution is -2.31. The number of nitro benzene ring substituents is 1. The van der Waals surface area contributed by atoms with E-state index in [0.717, 1.165) is 11.0 Å². The standard InChI is InChI=1S/C20H18N2O6S/c1-13(18-10-14-4-2-3-5-17(14)28-18)21-19(23)11-27-20(24)12-29-16-8-6-15(7-9-16)22(25)26/h2-10,13H,11-12H2,1H3,(H,21,23)/t13-/m1/s1. The molecule has 0 saturated carbocycles. The summed E-state index contributed by atoms with van der Waals surface area (Å²) in [5.74, 6) is -0.393. The molecule has 0 aliphatic carbocycles. The van der Waals surface area contributed by atoms with Gasteiger partial charge in [-0.2, -0.15) is 0 Å². The Labute approximate surface area is 170 Å². The van der Waals surface area contributed by atoms with Crippen LogP contribution >= 0.6 is 11.8 Å². The van der Waals surface area contributed by atoms with E-state index < -0.39 is 23.4 Å². The lowest BCUT2D eigenvalue weighted by Gasteiger charge is -2.11. The number of amides is 1. The lowest BCUT2D eigenvalue weighted by atomic mass is 10.2. The molecule has 3 aromatic rings. The molecule has 1 aromatic heterocycles. The number of rotatable bonds is 8. The van der Waals surface area contributed by atoms with Gasteiger partial charge in [0.25, 0.3) is 11.6 Å². The number of nitrogens with zero attached hydrogens (tertiary/aromatic N) is 1. The number of thioether (sulfide) groups is 1. The zero-order chi connectivity index (χ0) is 20.8. The van der Waals surface area contributed by atoms with Crippen molar-refractivity contribution in [1.82, 2.24) is 5.32 Å². The number of para-hydroxylation sites is 1. The number of nitrogens with one attached hydrogen (secondary N) is 1. The molecule has 2 aromatic carbocycles. The Balaban J connectivity index is 1.42. The monoisotopic (exact) mass is 414 g/mol. The minimum Gasteiger partial charge on any atom is -0.459 e. The molecule has 150 valence electrons. The van der Waals surface area contributed by atoms with Crippen molar-refractivity contribution in [3.63, 3.8) is 0 Å². The summed E-state index contributed by atoms with van der Waals surface area (Å²) in [6, 6.07) is 14.8. The number of furan rings is 1. The second kappa shape index (κ2) is 9.24. The van der Waals surface area contributed by atoms with Gasteiger partial charge in [-0.15, -0.1) is 11.8 Å². The summed E-state index contributed by atoms with van der Waals surface area (Å²) in [6.07, 6.45) is 0. The number of nitro groups is 1. The van der Waals surface area contributed by atoms with E-state index in [-0.39, 0.29) is 17.5 Å². The fourth-order valence-corrected chi connectivity index (χ4v) is 3.26. The highest BCUT2D eigenvalue weighted by Crippen LogP contribution is 2.24. The maximum Gasteiger partial charge on any atom is 0.316 e. The third-order valence-electron chi connectivity index (χ3n) is 4.02. The summed E-state index contributed by atoms with van der Waals surface area (Å²) in [5.41, 5.74) is 0.713. The lowest BCUT2D eigenvalue weighted by molar-refractivity contribution is -0.384. The van der Waals surface area contributed by atoms with Gasteiger partial charge in [0, 0.05) is 22.4 Å². The van der Waals surface area contributed by atoms with Gasteiger partial charge >= 0.3 is 5.97 Å². The van der Waals surface area contributed by atoms with Gasteiger partial charge in [-0.3, -0.25) is 19.7 Å². The van der Waals surface area contributed by atoms with Crippen molar-refractivity contribution in [2.45, 2.75) is 17.9 Å². The molecule has 8 nitrogen and oxygen atoms in total. The van der Waals surface area contributed by atoms with E-state index in [1.54, 1.807) is 19.1 Å². The maximum atomic E-state index is 12.0. The van der Waals surface area contributed by atoms with Crippen LogP contribution in [0.4, 0.5) is 5.69 Å². The molecule has 9 heteroatoms. The summed E-state index contributed by atoms with van der Waals surface area (Å²) in [6.45, 7) is 1.38. The Morgan fingerprint density at radius 3 is 2.62 bits per heavy atom. The third kappa shape index (κ3) is 5.58. The maximum absolute atomic E-state index is 12.0. The molecule has 29 heavy (non-hydrogen) atoms. The molecule has 0 fully saturated rings. The summed E-state index contributed by atoms with van der Waals surface area (Å²) in [7, 11) is 0. The predicted octanol–water partition coefficient (Wildman–Crippen LogP) is 3.85. The number of ether oxygens (including phenoxy) is 1. The number of carbonyl (C=O) groups is 2. The third-order valence-corrected chi connectivity index (χ3v) is 5.00. The predicted molar refractivity (Wildman–Crippen MR) is 108 cm³/mol. The second-order valence-electron chi connectivity index (χ2n) is 6.18. The summed E-state index contributed by atoms with van der Waals surface area (Å²) >= 11 is 1.17. The van der Waals surface area contributed by atoms with E-state index in [1.807, 2.05) is 30.3 Å². The second-order valence-corrected chi connectivity index (χ2v) is 7.22. The van der Waals surface area contributed by atoms with Gasteiger partial charge < -0.3 is 14.5 Å². The molecule has 0 saturated heterocycles.